The third kappa shape index (κ3) is 3.51. The molecule has 8 heteroatoms. The Balaban J connectivity index is 2.29. The summed E-state index contributed by atoms with van der Waals surface area (Å²) in [5, 5.41) is 0. The van der Waals surface area contributed by atoms with E-state index in [1.807, 2.05) is 13.8 Å². The standard InChI is InChI=1S/C23H30O8/c1-7-29-20(25)23(21(26)30-8-2)12-22(3,4)18-16(19(24)31-18)17(23)14-10-9-13(27-5)11-15(14)28-6/h9-11,16-18H,7-8,12H2,1-6H3/t16-,17-,18-/m0/s1. The van der Waals surface area contributed by atoms with Crippen molar-refractivity contribution in [2.45, 2.75) is 46.1 Å². The van der Waals surface area contributed by atoms with Gasteiger partial charge in [-0.3, -0.25) is 14.4 Å². The summed E-state index contributed by atoms with van der Waals surface area (Å²) >= 11 is 0. The van der Waals surface area contributed by atoms with Crippen molar-refractivity contribution in [3.63, 3.8) is 0 Å². The van der Waals surface area contributed by atoms with Crippen LogP contribution >= 0.6 is 0 Å². The zero-order valence-corrected chi connectivity index (χ0v) is 18.9. The lowest BCUT2D eigenvalue weighted by Gasteiger charge is -2.57. The Hall–Kier alpha value is -2.77. The molecule has 0 amide bonds. The van der Waals surface area contributed by atoms with Crippen molar-refractivity contribution < 1.29 is 38.1 Å². The molecule has 1 aliphatic carbocycles. The van der Waals surface area contributed by atoms with Gasteiger partial charge in [-0.25, -0.2) is 0 Å². The Morgan fingerprint density at radius 2 is 1.68 bits per heavy atom. The summed E-state index contributed by atoms with van der Waals surface area (Å²) in [6, 6.07) is 5.09. The van der Waals surface area contributed by atoms with E-state index in [1.54, 1.807) is 32.0 Å². The molecule has 1 saturated carbocycles. The van der Waals surface area contributed by atoms with Gasteiger partial charge in [-0.1, -0.05) is 19.9 Å². The molecule has 2 aliphatic rings. The van der Waals surface area contributed by atoms with Crippen LogP contribution < -0.4 is 9.47 Å². The first kappa shape index (κ1) is 22.9. The number of hydrogen-bond acceptors (Lipinski definition) is 8. The van der Waals surface area contributed by atoms with Gasteiger partial charge in [-0.05, 0) is 26.3 Å². The second kappa shape index (κ2) is 8.40. The molecule has 1 heterocycles. The number of benzene rings is 1. The van der Waals surface area contributed by atoms with Gasteiger partial charge in [-0.15, -0.1) is 0 Å². The van der Waals surface area contributed by atoms with Gasteiger partial charge >= 0.3 is 17.9 Å². The molecule has 0 unspecified atom stereocenters. The van der Waals surface area contributed by atoms with Gasteiger partial charge in [0.2, 0.25) is 0 Å². The van der Waals surface area contributed by atoms with E-state index in [2.05, 4.69) is 0 Å². The molecule has 1 aliphatic heterocycles. The zero-order chi connectivity index (χ0) is 23.0. The van der Waals surface area contributed by atoms with Crippen molar-refractivity contribution in [2.24, 2.45) is 16.7 Å². The van der Waals surface area contributed by atoms with Gasteiger partial charge < -0.3 is 23.7 Å². The third-order valence-corrected chi connectivity index (χ3v) is 6.29. The molecule has 3 atom stereocenters. The van der Waals surface area contributed by atoms with Crippen LogP contribution in [0.25, 0.3) is 0 Å². The van der Waals surface area contributed by atoms with E-state index in [1.165, 1.54) is 14.2 Å². The van der Waals surface area contributed by atoms with Crippen LogP contribution in [0.5, 0.6) is 11.5 Å². The SMILES string of the molecule is CCOC(=O)C1(C(=O)OCC)CC(C)(C)[C@H]2OC(=O)[C@H]2[C@@H]1c1ccc(OC)cc1OC. The fraction of sp³-hybridized carbons (Fsp3) is 0.609. The van der Waals surface area contributed by atoms with E-state index >= 15 is 0 Å². The number of carbonyl (C=O) groups is 3. The van der Waals surface area contributed by atoms with Gasteiger partial charge in [0, 0.05) is 23.0 Å². The lowest BCUT2D eigenvalue weighted by molar-refractivity contribution is -0.231. The average Bonchev–Trinajstić information content (AvgIpc) is 2.73. The highest BCUT2D eigenvalue weighted by atomic mass is 16.6. The molecule has 0 bridgehead atoms. The van der Waals surface area contributed by atoms with Gasteiger partial charge in [-0.2, -0.15) is 0 Å². The van der Waals surface area contributed by atoms with Crippen LogP contribution in [0.2, 0.25) is 0 Å². The molecule has 31 heavy (non-hydrogen) atoms. The van der Waals surface area contributed by atoms with Crippen molar-refractivity contribution in [1.29, 1.82) is 0 Å². The maximum absolute atomic E-state index is 13.5. The number of hydrogen-bond donors (Lipinski definition) is 0. The summed E-state index contributed by atoms with van der Waals surface area (Å²) in [6.07, 6.45) is -0.347. The maximum Gasteiger partial charge on any atom is 0.324 e. The minimum atomic E-state index is -1.72. The summed E-state index contributed by atoms with van der Waals surface area (Å²) in [5.41, 5.74) is -1.83. The molecular formula is C23H30O8. The van der Waals surface area contributed by atoms with Crippen LogP contribution in [0.4, 0.5) is 0 Å². The van der Waals surface area contributed by atoms with E-state index in [9.17, 15) is 14.4 Å². The Morgan fingerprint density at radius 1 is 1.06 bits per heavy atom. The molecule has 0 spiro atoms. The maximum atomic E-state index is 13.5. The predicted octanol–water partition coefficient (Wildman–Crippen LogP) is 2.87. The van der Waals surface area contributed by atoms with E-state index in [0.717, 1.165) is 0 Å². The van der Waals surface area contributed by atoms with Gasteiger partial charge in [0.15, 0.2) is 5.41 Å². The third-order valence-electron chi connectivity index (χ3n) is 6.29. The fourth-order valence-electron chi connectivity index (χ4n) is 5.06. The van der Waals surface area contributed by atoms with Crippen LogP contribution in [0.3, 0.4) is 0 Å². The Kier molecular flexibility index (Phi) is 6.21. The van der Waals surface area contributed by atoms with E-state index in [4.69, 9.17) is 23.7 Å². The van der Waals surface area contributed by atoms with Crippen molar-refractivity contribution in [2.75, 3.05) is 27.4 Å². The molecule has 0 aromatic heterocycles. The number of fused-ring (bicyclic) bond motifs is 1. The average molecular weight is 434 g/mol. The van der Waals surface area contributed by atoms with Gasteiger partial charge in [0.25, 0.3) is 0 Å². The Bertz CT molecular complexity index is 856. The molecule has 0 N–H and O–H groups in total. The van der Waals surface area contributed by atoms with E-state index in [0.29, 0.717) is 17.1 Å². The second-order valence-electron chi connectivity index (χ2n) is 8.55. The van der Waals surface area contributed by atoms with Crippen molar-refractivity contribution in [3.05, 3.63) is 23.8 Å². The van der Waals surface area contributed by atoms with Crippen molar-refractivity contribution >= 4 is 17.9 Å². The highest BCUT2D eigenvalue weighted by molar-refractivity contribution is 6.03. The van der Waals surface area contributed by atoms with E-state index < -0.39 is 46.7 Å². The highest BCUT2D eigenvalue weighted by Crippen LogP contribution is 2.63. The van der Waals surface area contributed by atoms with Crippen LogP contribution in [0, 0.1) is 16.7 Å². The lowest BCUT2D eigenvalue weighted by Crippen LogP contribution is -2.67. The number of esters is 3. The molecule has 1 saturated heterocycles. The van der Waals surface area contributed by atoms with Crippen LogP contribution in [0.15, 0.2) is 18.2 Å². The predicted molar refractivity (Wildman–Crippen MR) is 110 cm³/mol. The summed E-state index contributed by atoms with van der Waals surface area (Å²) in [5.74, 6) is -2.52. The molecule has 1 aromatic carbocycles. The topological polar surface area (TPSA) is 97.4 Å². The van der Waals surface area contributed by atoms with E-state index in [-0.39, 0.29) is 19.6 Å². The van der Waals surface area contributed by atoms with Crippen molar-refractivity contribution in [3.8, 4) is 11.5 Å². The minimum Gasteiger partial charge on any atom is -0.497 e. The summed E-state index contributed by atoms with van der Waals surface area (Å²) < 4.78 is 27.2. The van der Waals surface area contributed by atoms with Crippen LogP contribution in [-0.4, -0.2) is 51.4 Å². The highest BCUT2D eigenvalue weighted by Gasteiger charge is 2.72. The zero-order valence-electron chi connectivity index (χ0n) is 18.9. The normalized spacial score (nSPS) is 25.4. The molecular weight excluding hydrogens is 404 g/mol. The van der Waals surface area contributed by atoms with Gasteiger partial charge in [0.1, 0.15) is 23.5 Å². The number of carbonyl (C=O) groups excluding carboxylic acids is 3. The quantitative estimate of drug-likeness (QED) is 0.367. The van der Waals surface area contributed by atoms with Crippen molar-refractivity contribution in [1.82, 2.24) is 0 Å². The number of ether oxygens (including phenoxy) is 5. The summed E-state index contributed by atoms with van der Waals surface area (Å²) in [4.78, 5) is 39.7. The van der Waals surface area contributed by atoms with Gasteiger partial charge in [0.05, 0.1) is 27.4 Å². The largest absolute Gasteiger partial charge is 0.497 e. The molecule has 170 valence electrons. The first-order valence-electron chi connectivity index (χ1n) is 10.4. The minimum absolute atomic E-state index is 0.0887. The Morgan fingerprint density at radius 3 is 2.16 bits per heavy atom. The molecule has 8 nitrogen and oxygen atoms in total. The number of rotatable bonds is 7. The molecule has 1 aromatic rings. The monoisotopic (exact) mass is 434 g/mol. The Labute approximate surface area is 182 Å². The fourth-order valence-corrected chi connectivity index (χ4v) is 5.06. The second-order valence-corrected chi connectivity index (χ2v) is 8.55. The lowest BCUT2D eigenvalue weighted by atomic mass is 9.49. The van der Waals surface area contributed by atoms with Crippen LogP contribution in [0.1, 0.15) is 45.6 Å². The first-order valence-corrected chi connectivity index (χ1v) is 10.4. The molecule has 3 rings (SSSR count). The first-order chi connectivity index (χ1) is 14.7. The van der Waals surface area contributed by atoms with Crippen LogP contribution in [-0.2, 0) is 28.6 Å². The summed E-state index contributed by atoms with van der Waals surface area (Å²) in [7, 11) is 3.01. The molecule has 0 radical (unpaired) electrons. The smallest absolute Gasteiger partial charge is 0.324 e. The molecule has 2 fully saturated rings. The summed E-state index contributed by atoms with van der Waals surface area (Å²) in [6.45, 7) is 7.29. The number of methoxy groups -OCH3 is 2.